The van der Waals surface area contributed by atoms with E-state index < -0.39 is 0 Å². The Labute approximate surface area is 138 Å². The minimum atomic E-state index is 0.0531. The highest BCUT2D eigenvalue weighted by atomic mass is 35.5. The maximum atomic E-state index is 6.40. The van der Waals surface area contributed by atoms with E-state index in [4.69, 9.17) is 23.2 Å². The molecule has 1 N–H and O–H groups in total. The summed E-state index contributed by atoms with van der Waals surface area (Å²) in [6.45, 7) is 2.96. The van der Waals surface area contributed by atoms with E-state index in [2.05, 4.69) is 41.9 Å². The fraction of sp³-hybridized carbons (Fsp3) is 0.176. The summed E-state index contributed by atoms with van der Waals surface area (Å²) in [7, 11) is 0. The number of benzene rings is 2. The summed E-state index contributed by atoms with van der Waals surface area (Å²) in [5, 5.41) is 8.44. The van der Waals surface area contributed by atoms with Gasteiger partial charge in [-0.05, 0) is 52.7 Å². The molecule has 0 aliphatic heterocycles. The molecule has 0 saturated carbocycles. The van der Waals surface area contributed by atoms with E-state index >= 15 is 0 Å². The van der Waals surface area contributed by atoms with Gasteiger partial charge in [0.2, 0.25) is 0 Å². The monoisotopic (exact) mass is 335 g/mol. The van der Waals surface area contributed by atoms with Gasteiger partial charge < -0.3 is 5.32 Å². The predicted molar refractivity (Wildman–Crippen MR) is 93.8 cm³/mol. The summed E-state index contributed by atoms with van der Waals surface area (Å²) in [4.78, 5) is 0. The Morgan fingerprint density at radius 3 is 2.71 bits per heavy atom. The third kappa shape index (κ3) is 2.95. The lowest BCUT2D eigenvalue weighted by Crippen LogP contribution is -2.22. The fourth-order valence-electron chi connectivity index (χ4n) is 2.55. The van der Waals surface area contributed by atoms with Crippen LogP contribution in [0.25, 0.3) is 10.1 Å². The van der Waals surface area contributed by atoms with Crippen molar-refractivity contribution in [3.8, 4) is 0 Å². The Hall–Kier alpha value is -1.06. The normalized spacial score (nSPS) is 12.7. The lowest BCUT2D eigenvalue weighted by molar-refractivity contribution is 0.636. The number of hydrogen-bond acceptors (Lipinski definition) is 2. The molecule has 3 rings (SSSR count). The molecule has 1 heterocycles. The Balaban J connectivity index is 2.15. The molecule has 0 aliphatic rings. The van der Waals surface area contributed by atoms with Crippen LogP contribution >= 0.6 is 34.5 Å². The molecule has 0 spiro atoms. The first-order chi connectivity index (χ1) is 10.2. The van der Waals surface area contributed by atoms with Gasteiger partial charge in [-0.1, -0.05) is 48.3 Å². The first kappa shape index (κ1) is 14.9. The third-order valence-corrected chi connectivity index (χ3v) is 5.06. The second kappa shape index (κ2) is 6.37. The number of fused-ring (bicyclic) bond motifs is 1. The van der Waals surface area contributed by atoms with E-state index in [9.17, 15) is 0 Å². The van der Waals surface area contributed by atoms with Gasteiger partial charge in [-0.25, -0.2) is 0 Å². The minimum Gasteiger partial charge on any atom is -0.306 e. The van der Waals surface area contributed by atoms with Crippen molar-refractivity contribution in [1.82, 2.24) is 5.32 Å². The van der Waals surface area contributed by atoms with Crippen LogP contribution in [0.1, 0.15) is 24.1 Å². The molecule has 4 heteroatoms. The summed E-state index contributed by atoms with van der Waals surface area (Å²) in [6.07, 6.45) is 0. The molecule has 1 atom stereocenters. The van der Waals surface area contributed by atoms with Crippen molar-refractivity contribution in [3.05, 3.63) is 69.0 Å². The van der Waals surface area contributed by atoms with Gasteiger partial charge >= 0.3 is 0 Å². The number of thiophene rings is 1. The second-order valence-corrected chi connectivity index (χ2v) is 6.60. The molecule has 0 radical (unpaired) electrons. The molecule has 0 aliphatic carbocycles. The van der Waals surface area contributed by atoms with Crippen molar-refractivity contribution in [2.45, 2.75) is 13.0 Å². The van der Waals surface area contributed by atoms with Gasteiger partial charge in [-0.15, -0.1) is 11.3 Å². The Bertz CT molecular complexity index is 766. The van der Waals surface area contributed by atoms with Crippen LogP contribution in [0.15, 0.2) is 47.8 Å². The highest BCUT2D eigenvalue weighted by Gasteiger charge is 2.19. The van der Waals surface area contributed by atoms with Gasteiger partial charge in [0.25, 0.3) is 0 Å². The van der Waals surface area contributed by atoms with Crippen LogP contribution in [0.4, 0.5) is 0 Å². The predicted octanol–water partition coefficient (Wildman–Crippen LogP) is 5.91. The van der Waals surface area contributed by atoms with Gasteiger partial charge in [0.1, 0.15) is 0 Å². The van der Waals surface area contributed by atoms with E-state index in [1.54, 1.807) is 11.3 Å². The van der Waals surface area contributed by atoms with Crippen molar-refractivity contribution in [1.29, 1.82) is 0 Å². The van der Waals surface area contributed by atoms with Crippen LogP contribution in [0, 0.1) is 0 Å². The Morgan fingerprint density at radius 1 is 1.10 bits per heavy atom. The average Bonchev–Trinajstić information content (AvgIpc) is 2.91. The van der Waals surface area contributed by atoms with Gasteiger partial charge in [0, 0.05) is 14.7 Å². The summed E-state index contributed by atoms with van der Waals surface area (Å²) >= 11 is 14.3. The minimum absolute atomic E-state index is 0.0531. The van der Waals surface area contributed by atoms with Gasteiger partial charge in [0.15, 0.2) is 0 Å². The molecule has 3 aromatic rings. The molecule has 1 nitrogen and oxygen atoms in total. The van der Waals surface area contributed by atoms with E-state index in [0.717, 1.165) is 17.1 Å². The summed E-state index contributed by atoms with van der Waals surface area (Å²) < 4.78 is 1.29. The number of rotatable bonds is 4. The van der Waals surface area contributed by atoms with E-state index in [0.29, 0.717) is 5.02 Å². The van der Waals surface area contributed by atoms with Gasteiger partial charge in [-0.2, -0.15) is 0 Å². The summed E-state index contributed by atoms with van der Waals surface area (Å²) in [6, 6.07) is 14.1. The lowest BCUT2D eigenvalue weighted by Gasteiger charge is -2.20. The SMILES string of the molecule is CCNC(c1cc(Cl)ccc1Cl)c1csc2ccccc12. The van der Waals surface area contributed by atoms with Crippen molar-refractivity contribution in [2.75, 3.05) is 6.54 Å². The zero-order valence-corrected chi connectivity index (χ0v) is 13.9. The van der Waals surface area contributed by atoms with Crippen LogP contribution in [-0.2, 0) is 0 Å². The highest BCUT2D eigenvalue weighted by molar-refractivity contribution is 7.17. The molecule has 0 bridgehead atoms. The van der Waals surface area contributed by atoms with Gasteiger partial charge in [0.05, 0.1) is 6.04 Å². The third-order valence-electron chi connectivity index (χ3n) is 3.50. The summed E-state index contributed by atoms with van der Waals surface area (Å²) in [5.41, 5.74) is 2.27. The molecular formula is C17H15Cl2NS. The topological polar surface area (TPSA) is 12.0 Å². The molecule has 0 saturated heterocycles. The van der Waals surface area contributed by atoms with Gasteiger partial charge in [-0.3, -0.25) is 0 Å². The number of hydrogen-bond donors (Lipinski definition) is 1. The van der Waals surface area contributed by atoms with Crippen LogP contribution in [-0.4, -0.2) is 6.54 Å². The smallest absolute Gasteiger partial charge is 0.0606 e. The molecule has 2 aromatic carbocycles. The van der Waals surface area contributed by atoms with Crippen LogP contribution in [0.5, 0.6) is 0 Å². The van der Waals surface area contributed by atoms with Crippen LogP contribution in [0.2, 0.25) is 10.0 Å². The highest BCUT2D eigenvalue weighted by Crippen LogP contribution is 2.36. The number of halogens is 2. The average molecular weight is 336 g/mol. The first-order valence-electron chi connectivity index (χ1n) is 6.85. The first-order valence-corrected chi connectivity index (χ1v) is 8.48. The lowest BCUT2D eigenvalue weighted by atomic mass is 9.98. The molecule has 0 amide bonds. The molecule has 1 unspecified atom stereocenters. The fourth-order valence-corrected chi connectivity index (χ4v) is 3.94. The maximum absolute atomic E-state index is 6.40. The Morgan fingerprint density at radius 2 is 1.90 bits per heavy atom. The molecule has 0 fully saturated rings. The second-order valence-electron chi connectivity index (χ2n) is 4.84. The van der Waals surface area contributed by atoms with Crippen LogP contribution in [0.3, 0.4) is 0 Å². The Kier molecular flexibility index (Phi) is 4.51. The van der Waals surface area contributed by atoms with Crippen molar-refractivity contribution < 1.29 is 0 Å². The van der Waals surface area contributed by atoms with Crippen molar-refractivity contribution in [2.24, 2.45) is 0 Å². The summed E-state index contributed by atoms with van der Waals surface area (Å²) in [5.74, 6) is 0. The molecule has 1 aromatic heterocycles. The van der Waals surface area contributed by atoms with Crippen molar-refractivity contribution >= 4 is 44.6 Å². The van der Waals surface area contributed by atoms with E-state index in [1.165, 1.54) is 15.6 Å². The molecule has 108 valence electrons. The number of nitrogens with one attached hydrogen (secondary N) is 1. The molecule has 21 heavy (non-hydrogen) atoms. The van der Waals surface area contributed by atoms with Crippen LogP contribution < -0.4 is 5.32 Å². The molecular weight excluding hydrogens is 321 g/mol. The quantitative estimate of drug-likeness (QED) is 0.625. The maximum Gasteiger partial charge on any atom is 0.0606 e. The zero-order valence-electron chi connectivity index (χ0n) is 11.6. The zero-order chi connectivity index (χ0) is 14.8. The largest absolute Gasteiger partial charge is 0.306 e. The standard InChI is InChI=1S/C17H15Cl2NS/c1-2-20-17(13-9-11(18)7-8-15(13)19)14-10-21-16-6-4-3-5-12(14)16/h3-10,17,20H,2H2,1H3. The van der Waals surface area contributed by atoms with Crippen molar-refractivity contribution in [3.63, 3.8) is 0 Å². The van der Waals surface area contributed by atoms with E-state index in [-0.39, 0.29) is 6.04 Å². The van der Waals surface area contributed by atoms with E-state index in [1.807, 2.05) is 18.2 Å².